The first-order chi connectivity index (χ1) is 9.71. The first-order valence-electron chi connectivity index (χ1n) is 7.33. The first kappa shape index (κ1) is 13.4. The van der Waals surface area contributed by atoms with Gasteiger partial charge in [-0.05, 0) is 55.4 Å². The van der Waals surface area contributed by atoms with Crippen molar-refractivity contribution in [3.05, 3.63) is 29.3 Å². The van der Waals surface area contributed by atoms with E-state index in [1.54, 1.807) is 0 Å². The molecule has 3 rings (SSSR count). The van der Waals surface area contributed by atoms with Crippen molar-refractivity contribution in [2.24, 2.45) is 5.41 Å². The zero-order chi connectivity index (χ0) is 14.0. The van der Waals surface area contributed by atoms with Crippen molar-refractivity contribution in [1.29, 1.82) is 0 Å². The molecule has 20 heavy (non-hydrogen) atoms. The molecule has 0 bridgehead atoms. The quantitative estimate of drug-likeness (QED) is 0.826. The average molecular weight is 275 g/mol. The zero-order valence-corrected chi connectivity index (χ0v) is 11.7. The summed E-state index contributed by atoms with van der Waals surface area (Å²) in [4.78, 5) is 11.7. The second-order valence-electron chi connectivity index (χ2n) is 6.01. The van der Waals surface area contributed by atoms with Gasteiger partial charge in [-0.1, -0.05) is 6.07 Å². The number of ether oxygens (including phenoxy) is 1. The van der Waals surface area contributed by atoms with Crippen LogP contribution in [0.25, 0.3) is 0 Å². The molecule has 0 aliphatic heterocycles. The van der Waals surface area contributed by atoms with Crippen molar-refractivity contribution in [3.63, 3.8) is 0 Å². The smallest absolute Gasteiger partial charge is 0.257 e. The van der Waals surface area contributed by atoms with E-state index in [-0.39, 0.29) is 24.5 Å². The molecule has 1 aromatic carbocycles. The number of rotatable bonds is 6. The minimum Gasteiger partial charge on any atom is -0.484 e. The van der Waals surface area contributed by atoms with Crippen molar-refractivity contribution < 1.29 is 14.6 Å². The highest BCUT2D eigenvalue weighted by molar-refractivity contribution is 5.77. The standard InChI is InChI=1S/C16H21NO3/c18-11-16(6-7-16)10-17-15(19)9-20-14-5-4-12-2-1-3-13(12)8-14/h4-5,8,18H,1-3,6-7,9-11H2,(H,17,19). The first-order valence-corrected chi connectivity index (χ1v) is 7.33. The van der Waals surface area contributed by atoms with Gasteiger partial charge in [0.05, 0.1) is 6.61 Å². The Bertz CT molecular complexity index is 508. The van der Waals surface area contributed by atoms with Gasteiger partial charge in [-0.2, -0.15) is 0 Å². The Morgan fingerprint density at radius 2 is 2.10 bits per heavy atom. The second-order valence-corrected chi connectivity index (χ2v) is 6.01. The van der Waals surface area contributed by atoms with E-state index in [0.29, 0.717) is 6.54 Å². The molecule has 4 nitrogen and oxygen atoms in total. The molecule has 0 aromatic heterocycles. The maximum absolute atomic E-state index is 11.7. The van der Waals surface area contributed by atoms with Gasteiger partial charge in [0.1, 0.15) is 5.75 Å². The van der Waals surface area contributed by atoms with Crippen molar-refractivity contribution in [2.45, 2.75) is 32.1 Å². The maximum Gasteiger partial charge on any atom is 0.257 e. The number of aryl methyl sites for hydroxylation is 2. The topological polar surface area (TPSA) is 58.6 Å². The summed E-state index contributed by atoms with van der Waals surface area (Å²) in [7, 11) is 0. The van der Waals surface area contributed by atoms with E-state index < -0.39 is 0 Å². The van der Waals surface area contributed by atoms with Gasteiger partial charge in [0, 0.05) is 12.0 Å². The lowest BCUT2D eigenvalue weighted by atomic mass is 10.1. The molecule has 0 saturated heterocycles. The molecular weight excluding hydrogens is 254 g/mol. The number of fused-ring (bicyclic) bond motifs is 1. The summed E-state index contributed by atoms with van der Waals surface area (Å²) >= 11 is 0. The monoisotopic (exact) mass is 275 g/mol. The van der Waals surface area contributed by atoms with Gasteiger partial charge in [-0.3, -0.25) is 4.79 Å². The number of amides is 1. The highest BCUT2D eigenvalue weighted by atomic mass is 16.5. The lowest BCUT2D eigenvalue weighted by Gasteiger charge is -2.13. The van der Waals surface area contributed by atoms with Gasteiger partial charge in [0.25, 0.3) is 5.91 Å². The number of carbonyl (C=O) groups excluding carboxylic acids is 1. The summed E-state index contributed by atoms with van der Waals surface area (Å²) in [6, 6.07) is 6.08. The lowest BCUT2D eigenvalue weighted by Crippen LogP contribution is -2.35. The van der Waals surface area contributed by atoms with Crippen molar-refractivity contribution in [2.75, 3.05) is 19.8 Å². The minimum absolute atomic E-state index is 0.0420. The van der Waals surface area contributed by atoms with E-state index >= 15 is 0 Å². The summed E-state index contributed by atoms with van der Waals surface area (Å²) in [5, 5.41) is 12.0. The molecule has 0 radical (unpaired) electrons. The Morgan fingerprint density at radius 3 is 2.85 bits per heavy atom. The number of hydrogen-bond acceptors (Lipinski definition) is 3. The van der Waals surface area contributed by atoms with Gasteiger partial charge >= 0.3 is 0 Å². The highest BCUT2D eigenvalue weighted by Gasteiger charge is 2.42. The van der Waals surface area contributed by atoms with E-state index in [4.69, 9.17) is 4.74 Å². The zero-order valence-electron chi connectivity index (χ0n) is 11.7. The predicted molar refractivity (Wildman–Crippen MR) is 75.7 cm³/mol. The molecule has 0 atom stereocenters. The molecule has 1 fully saturated rings. The van der Waals surface area contributed by atoms with E-state index in [2.05, 4.69) is 11.4 Å². The summed E-state index contributed by atoms with van der Waals surface area (Å²) in [5.74, 6) is 0.648. The molecule has 2 aliphatic rings. The number of aliphatic hydroxyl groups is 1. The molecule has 0 unspecified atom stereocenters. The number of nitrogens with one attached hydrogen (secondary N) is 1. The van der Waals surface area contributed by atoms with Gasteiger partial charge in [0.2, 0.25) is 0 Å². The van der Waals surface area contributed by atoms with Gasteiger partial charge < -0.3 is 15.2 Å². The Labute approximate surface area is 119 Å². The molecule has 2 N–H and O–H groups in total. The molecule has 1 saturated carbocycles. The van der Waals surface area contributed by atoms with Crippen LogP contribution in [0.3, 0.4) is 0 Å². The highest BCUT2D eigenvalue weighted by Crippen LogP contribution is 2.44. The van der Waals surface area contributed by atoms with Crippen LogP contribution >= 0.6 is 0 Å². The van der Waals surface area contributed by atoms with Gasteiger partial charge in [0.15, 0.2) is 6.61 Å². The molecular formula is C16H21NO3. The summed E-state index contributed by atoms with van der Waals surface area (Å²) in [6.45, 7) is 0.745. The maximum atomic E-state index is 11.7. The van der Waals surface area contributed by atoms with E-state index in [0.717, 1.165) is 31.4 Å². The molecule has 1 amide bonds. The van der Waals surface area contributed by atoms with Crippen LogP contribution in [-0.2, 0) is 17.6 Å². The number of hydrogen-bond donors (Lipinski definition) is 2. The van der Waals surface area contributed by atoms with Crippen LogP contribution in [-0.4, -0.2) is 30.8 Å². The fraction of sp³-hybridized carbons (Fsp3) is 0.562. The summed E-state index contributed by atoms with van der Waals surface area (Å²) in [6.07, 6.45) is 5.46. The third kappa shape index (κ3) is 2.96. The Morgan fingerprint density at radius 1 is 1.30 bits per heavy atom. The third-order valence-corrected chi connectivity index (χ3v) is 4.39. The van der Waals surface area contributed by atoms with Crippen molar-refractivity contribution in [1.82, 2.24) is 5.32 Å². The SMILES string of the molecule is O=C(COc1ccc2c(c1)CCC2)NCC1(CO)CC1. The van der Waals surface area contributed by atoms with Crippen LogP contribution in [0.15, 0.2) is 18.2 Å². The van der Waals surface area contributed by atoms with Gasteiger partial charge in [-0.15, -0.1) is 0 Å². The Kier molecular flexibility index (Phi) is 3.66. The largest absolute Gasteiger partial charge is 0.484 e. The molecule has 0 spiro atoms. The van der Waals surface area contributed by atoms with Crippen LogP contribution in [0.5, 0.6) is 5.75 Å². The average Bonchev–Trinajstić information content (AvgIpc) is 3.11. The predicted octanol–water partition coefficient (Wildman–Crippen LogP) is 1.44. The fourth-order valence-electron chi connectivity index (χ4n) is 2.69. The second kappa shape index (κ2) is 5.44. The lowest BCUT2D eigenvalue weighted by molar-refractivity contribution is -0.123. The molecule has 108 valence electrons. The van der Waals surface area contributed by atoms with E-state index in [9.17, 15) is 9.90 Å². The number of benzene rings is 1. The molecule has 4 heteroatoms. The normalized spacial score (nSPS) is 18.4. The van der Waals surface area contributed by atoms with Crippen LogP contribution in [0, 0.1) is 5.41 Å². The molecule has 1 aromatic rings. The summed E-state index contributed by atoms with van der Waals surface area (Å²) in [5.41, 5.74) is 2.70. The van der Waals surface area contributed by atoms with Crippen molar-refractivity contribution >= 4 is 5.91 Å². The van der Waals surface area contributed by atoms with Gasteiger partial charge in [-0.25, -0.2) is 0 Å². The van der Waals surface area contributed by atoms with E-state index in [1.807, 2.05) is 12.1 Å². The van der Waals surface area contributed by atoms with Crippen LogP contribution < -0.4 is 10.1 Å². The van der Waals surface area contributed by atoms with Crippen LogP contribution in [0.1, 0.15) is 30.4 Å². The van der Waals surface area contributed by atoms with E-state index in [1.165, 1.54) is 17.5 Å². The van der Waals surface area contributed by atoms with Crippen LogP contribution in [0.2, 0.25) is 0 Å². The number of carbonyl (C=O) groups is 1. The number of aliphatic hydroxyl groups excluding tert-OH is 1. The Balaban J connectivity index is 1.46. The fourth-order valence-corrected chi connectivity index (χ4v) is 2.69. The Hall–Kier alpha value is -1.55. The van der Waals surface area contributed by atoms with Crippen LogP contribution in [0.4, 0.5) is 0 Å². The summed E-state index contributed by atoms with van der Waals surface area (Å²) < 4.78 is 5.54. The van der Waals surface area contributed by atoms with Crippen molar-refractivity contribution in [3.8, 4) is 5.75 Å². The third-order valence-electron chi connectivity index (χ3n) is 4.39. The minimum atomic E-state index is -0.120. The molecule has 0 heterocycles. The molecule has 2 aliphatic carbocycles.